The number of benzene rings is 1. The van der Waals surface area contributed by atoms with Crippen molar-refractivity contribution in [3.05, 3.63) is 42.3 Å². The Morgan fingerprint density at radius 2 is 1.91 bits per heavy atom. The summed E-state index contributed by atoms with van der Waals surface area (Å²) >= 11 is 5.71. The highest BCUT2D eigenvalue weighted by Crippen LogP contribution is 2.16. The van der Waals surface area contributed by atoms with Crippen LogP contribution in [-0.2, 0) is 0 Å². The first kappa shape index (κ1) is 8.61. The van der Waals surface area contributed by atoms with Gasteiger partial charge in [-0.15, -0.1) is 11.6 Å². The molecular formula is C10H12Cl. The Bertz CT molecular complexity index is 213. The van der Waals surface area contributed by atoms with Crippen molar-refractivity contribution in [3.8, 4) is 0 Å². The van der Waals surface area contributed by atoms with Crippen LogP contribution in [0.3, 0.4) is 0 Å². The Morgan fingerprint density at radius 3 is 2.36 bits per heavy atom. The molecule has 0 amide bonds. The van der Waals surface area contributed by atoms with Crippen LogP contribution in [-0.4, -0.2) is 5.88 Å². The maximum atomic E-state index is 5.71. The molecule has 1 rings (SSSR count). The van der Waals surface area contributed by atoms with Gasteiger partial charge in [0, 0.05) is 5.88 Å². The smallest absolute Gasteiger partial charge is 0.0289 e. The zero-order valence-electron chi connectivity index (χ0n) is 6.68. The predicted molar refractivity (Wildman–Crippen MR) is 50.0 cm³/mol. The largest absolute Gasteiger partial charge is 0.126 e. The fourth-order valence-corrected chi connectivity index (χ4v) is 1.11. The molecule has 1 atom stereocenters. The van der Waals surface area contributed by atoms with Gasteiger partial charge < -0.3 is 0 Å². The molecule has 0 spiro atoms. The molecule has 59 valence electrons. The molecule has 0 saturated carbocycles. The minimum atomic E-state index is 0.442. The van der Waals surface area contributed by atoms with Gasteiger partial charge >= 0.3 is 0 Å². The van der Waals surface area contributed by atoms with Crippen LogP contribution in [0.2, 0.25) is 0 Å². The van der Waals surface area contributed by atoms with E-state index >= 15 is 0 Å². The van der Waals surface area contributed by atoms with Gasteiger partial charge in [0.15, 0.2) is 0 Å². The van der Waals surface area contributed by atoms with E-state index in [2.05, 4.69) is 26.0 Å². The van der Waals surface area contributed by atoms with E-state index in [9.17, 15) is 0 Å². The first-order valence-electron chi connectivity index (χ1n) is 3.72. The quantitative estimate of drug-likeness (QED) is 0.594. The maximum absolute atomic E-state index is 5.71. The van der Waals surface area contributed by atoms with E-state index in [0.717, 1.165) is 5.56 Å². The van der Waals surface area contributed by atoms with Gasteiger partial charge in [-0.05, 0) is 24.0 Å². The molecular weight excluding hydrogens is 156 g/mol. The van der Waals surface area contributed by atoms with Crippen molar-refractivity contribution in [1.29, 1.82) is 0 Å². The number of hydrogen-bond acceptors (Lipinski definition) is 0. The van der Waals surface area contributed by atoms with Crippen molar-refractivity contribution in [2.75, 3.05) is 5.88 Å². The molecule has 0 aliphatic carbocycles. The summed E-state index contributed by atoms with van der Waals surface area (Å²) in [5.41, 5.74) is 2.34. The summed E-state index contributed by atoms with van der Waals surface area (Å²) in [6, 6.07) is 8.18. The third kappa shape index (κ3) is 2.23. The fraction of sp³-hybridized carbons (Fsp3) is 0.300. The van der Waals surface area contributed by atoms with Crippen molar-refractivity contribution < 1.29 is 0 Å². The average molecular weight is 168 g/mol. The SMILES string of the molecule is [CH2]c1ccc(C(C)CCl)cc1. The number of hydrogen-bond donors (Lipinski definition) is 0. The van der Waals surface area contributed by atoms with Gasteiger partial charge in [-0.25, -0.2) is 0 Å². The Balaban J connectivity index is 2.81. The van der Waals surface area contributed by atoms with Crippen LogP contribution in [0.25, 0.3) is 0 Å². The van der Waals surface area contributed by atoms with Gasteiger partial charge in [0.05, 0.1) is 0 Å². The maximum Gasteiger partial charge on any atom is 0.0289 e. The molecule has 0 fully saturated rings. The molecule has 0 aliphatic rings. The van der Waals surface area contributed by atoms with Crippen molar-refractivity contribution in [2.45, 2.75) is 12.8 Å². The second-order valence-electron chi connectivity index (χ2n) is 2.80. The van der Waals surface area contributed by atoms with Gasteiger partial charge in [0.2, 0.25) is 0 Å². The Labute approximate surface area is 73.2 Å². The molecule has 1 unspecified atom stereocenters. The standard InChI is InChI=1S/C10H12Cl/c1-8-3-5-10(6-4-8)9(2)7-11/h3-6,9H,1,7H2,2H3. The first-order chi connectivity index (χ1) is 5.24. The van der Waals surface area contributed by atoms with Crippen LogP contribution in [0.4, 0.5) is 0 Å². The van der Waals surface area contributed by atoms with Gasteiger partial charge in [-0.2, -0.15) is 0 Å². The molecule has 1 aromatic carbocycles. The summed E-state index contributed by atoms with van der Waals surface area (Å²) in [5, 5.41) is 0. The molecule has 0 bridgehead atoms. The Morgan fingerprint density at radius 1 is 1.36 bits per heavy atom. The Hall–Kier alpha value is -0.490. The van der Waals surface area contributed by atoms with E-state index in [-0.39, 0.29) is 0 Å². The summed E-state index contributed by atoms with van der Waals surface area (Å²) in [6.07, 6.45) is 0. The van der Waals surface area contributed by atoms with Crippen molar-refractivity contribution >= 4 is 11.6 Å². The van der Waals surface area contributed by atoms with E-state index in [1.54, 1.807) is 0 Å². The van der Waals surface area contributed by atoms with E-state index in [4.69, 9.17) is 11.6 Å². The molecule has 0 nitrogen and oxygen atoms in total. The molecule has 0 heterocycles. The molecule has 1 aromatic rings. The van der Waals surface area contributed by atoms with Gasteiger partial charge in [-0.3, -0.25) is 0 Å². The fourth-order valence-electron chi connectivity index (χ4n) is 0.935. The topological polar surface area (TPSA) is 0 Å². The summed E-state index contributed by atoms with van der Waals surface area (Å²) in [4.78, 5) is 0. The van der Waals surface area contributed by atoms with E-state index in [1.165, 1.54) is 5.56 Å². The van der Waals surface area contributed by atoms with Gasteiger partial charge in [0.1, 0.15) is 0 Å². The molecule has 1 radical (unpaired) electrons. The zero-order chi connectivity index (χ0) is 8.27. The lowest BCUT2D eigenvalue weighted by Gasteiger charge is -2.06. The van der Waals surface area contributed by atoms with E-state index in [0.29, 0.717) is 11.8 Å². The molecule has 1 heteroatoms. The number of rotatable bonds is 2. The lowest BCUT2D eigenvalue weighted by atomic mass is 10.0. The van der Waals surface area contributed by atoms with Crippen LogP contribution >= 0.6 is 11.6 Å². The molecule has 0 N–H and O–H groups in total. The minimum absolute atomic E-state index is 0.442. The van der Waals surface area contributed by atoms with E-state index in [1.807, 2.05) is 12.1 Å². The highest BCUT2D eigenvalue weighted by molar-refractivity contribution is 6.18. The summed E-state index contributed by atoms with van der Waals surface area (Å²) in [6.45, 7) is 5.93. The summed E-state index contributed by atoms with van der Waals surface area (Å²) in [7, 11) is 0. The third-order valence-electron chi connectivity index (χ3n) is 1.78. The summed E-state index contributed by atoms with van der Waals surface area (Å²) in [5.74, 6) is 1.12. The van der Waals surface area contributed by atoms with Crippen LogP contribution in [0.5, 0.6) is 0 Å². The molecule has 0 aliphatic heterocycles. The van der Waals surface area contributed by atoms with E-state index < -0.39 is 0 Å². The normalized spacial score (nSPS) is 13.0. The lowest BCUT2D eigenvalue weighted by molar-refractivity contribution is 0.875. The zero-order valence-corrected chi connectivity index (χ0v) is 7.43. The average Bonchev–Trinajstić information content (AvgIpc) is 2.05. The van der Waals surface area contributed by atoms with Gasteiger partial charge in [0.25, 0.3) is 0 Å². The molecule has 0 aromatic heterocycles. The van der Waals surface area contributed by atoms with Crippen LogP contribution in [0.1, 0.15) is 24.0 Å². The highest BCUT2D eigenvalue weighted by atomic mass is 35.5. The second kappa shape index (κ2) is 3.77. The number of alkyl halides is 1. The second-order valence-corrected chi connectivity index (χ2v) is 3.11. The minimum Gasteiger partial charge on any atom is -0.126 e. The van der Waals surface area contributed by atoms with Crippen molar-refractivity contribution in [1.82, 2.24) is 0 Å². The van der Waals surface area contributed by atoms with Crippen LogP contribution < -0.4 is 0 Å². The van der Waals surface area contributed by atoms with Crippen LogP contribution in [0, 0.1) is 6.92 Å². The van der Waals surface area contributed by atoms with Crippen molar-refractivity contribution in [2.24, 2.45) is 0 Å². The Kier molecular flexibility index (Phi) is 2.95. The number of halogens is 1. The molecule has 11 heavy (non-hydrogen) atoms. The monoisotopic (exact) mass is 167 g/mol. The lowest BCUT2D eigenvalue weighted by Crippen LogP contribution is -1.93. The summed E-state index contributed by atoms with van der Waals surface area (Å²) < 4.78 is 0. The highest BCUT2D eigenvalue weighted by Gasteiger charge is 2.01. The van der Waals surface area contributed by atoms with Crippen LogP contribution in [0.15, 0.2) is 24.3 Å². The molecule has 0 saturated heterocycles. The van der Waals surface area contributed by atoms with Gasteiger partial charge in [-0.1, -0.05) is 31.2 Å². The first-order valence-corrected chi connectivity index (χ1v) is 4.25. The van der Waals surface area contributed by atoms with Crippen molar-refractivity contribution in [3.63, 3.8) is 0 Å². The predicted octanol–water partition coefficient (Wildman–Crippen LogP) is 3.21. The third-order valence-corrected chi connectivity index (χ3v) is 2.24.